The van der Waals surface area contributed by atoms with Crippen molar-refractivity contribution in [2.45, 2.75) is 31.8 Å². The van der Waals surface area contributed by atoms with Crippen LogP contribution >= 0.6 is 22.9 Å². The molecule has 1 aromatic carbocycles. The molecule has 0 radical (unpaired) electrons. The summed E-state index contributed by atoms with van der Waals surface area (Å²) in [6, 6.07) is 8.07. The fraction of sp³-hybridized carbons (Fsp3) is 0.474. The fourth-order valence-corrected chi connectivity index (χ4v) is 4.98. The van der Waals surface area contributed by atoms with Crippen LogP contribution in [0.3, 0.4) is 0 Å². The number of hydrogen-bond acceptors (Lipinski definition) is 3. The van der Waals surface area contributed by atoms with Crippen LogP contribution in [0.1, 0.15) is 34.9 Å². The highest BCUT2D eigenvalue weighted by Gasteiger charge is 2.39. The molecule has 0 bridgehead atoms. The van der Waals surface area contributed by atoms with Gasteiger partial charge in [0.15, 0.2) is 0 Å². The minimum atomic E-state index is -0.943. The molecule has 0 amide bonds. The second kappa shape index (κ2) is 6.56. The van der Waals surface area contributed by atoms with Gasteiger partial charge in [-0.05, 0) is 74.0 Å². The number of aliphatic hydroxyl groups is 1. The van der Waals surface area contributed by atoms with E-state index in [0.717, 1.165) is 30.5 Å². The lowest BCUT2D eigenvalue weighted by Crippen LogP contribution is -2.33. The maximum absolute atomic E-state index is 11.8. The minimum Gasteiger partial charge on any atom is -0.380 e. The van der Waals surface area contributed by atoms with Crippen molar-refractivity contribution in [3.63, 3.8) is 0 Å². The van der Waals surface area contributed by atoms with Crippen LogP contribution in [0.15, 0.2) is 29.6 Å². The Bertz CT molecular complexity index is 696. The molecule has 1 N–H and O–H groups in total. The maximum atomic E-state index is 11.8. The van der Waals surface area contributed by atoms with Crippen LogP contribution in [0.4, 0.5) is 0 Å². The van der Waals surface area contributed by atoms with E-state index < -0.39 is 5.60 Å². The quantitative estimate of drug-likeness (QED) is 0.888. The van der Waals surface area contributed by atoms with Crippen LogP contribution in [0.2, 0.25) is 5.02 Å². The van der Waals surface area contributed by atoms with E-state index in [1.54, 1.807) is 11.3 Å². The molecule has 1 aliphatic rings. The topological polar surface area (TPSA) is 23.5 Å². The van der Waals surface area contributed by atoms with Crippen molar-refractivity contribution in [2.24, 2.45) is 5.92 Å². The summed E-state index contributed by atoms with van der Waals surface area (Å²) in [6.07, 6.45) is 2.67. The molecule has 0 aliphatic heterocycles. The zero-order chi connectivity index (χ0) is 16.6. The molecule has 124 valence electrons. The van der Waals surface area contributed by atoms with Crippen molar-refractivity contribution in [3.05, 3.63) is 56.2 Å². The van der Waals surface area contributed by atoms with Gasteiger partial charge in [-0.15, -0.1) is 11.3 Å². The second-order valence-electron chi connectivity index (χ2n) is 6.99. The number of benzene rings is 1. The van der Waals surface area contributed by atoms with Crippen molar-refractivity contribution in [1.82, 2.24) is 4.90 Å². The van der Waals surface area contributed by atoms with Crippen molar-refractivity contribution >= 4 is 22.9 Å². The molecule has 23 heavy (non-hydrogen) atoms. The third kappa shape index (κ3) is 3.34. The second-order valence-corrected chi connectivity index (χ2v) is 8.43. The summed E-state index contributed by atoms with van der Waals surface area (Å²) >= 11 is 8.02. The van der Waals surface area contributed by atoms with E-state index in [1.165, 1.54) is 10.4 Å². The number of aryl methyl sites for hydroxylation is 2. The Morgan fingerprint density at radius 3 is 2.78 bits per heavy atom. The van der Waals surface area contributed by atoms with Crippen molar-refractivity contribution < 1.29 is 5.11 Å². The fourth-order valence-electron chi connectivity index (χ4n) is 3.86. The van der Waals surface area contributed by atoms with E-state index in [2.05, 4.69) is 43.4 Å². The smallest absolute Gasteiger partial charge is 0.116 e. The SMILES string of the molecule is CC(CN(C)C)CC1(O)c2cc(Cl)ccc2CCc2sccc21. The summed E-state index contributed by atoms with van der Waals surface area (Å²) in [6.45, 7) is 3.16. The minimum absolute atomic E-state index is 0.382. The Kier molecular flexibility index (Phi) is 4.84. The third-order valence-corrected chi connectivity index (χ3v) is 5.87. The highest BCUT2D eigenvalue weighted by Crippen LogP contribution is 2.44. The Morgan fingerprint density at radius 2 is 2.04 bits per heavy atom. The third-order valence-electron chi connectivity index (χ3n) is 4.65. The summed E-state index contributed by atoms with van der Waals surface area (Å²) in [5, 5.41) is 14.6. The molecule has 2 nitrogen and oxygen atoms in total. The lowest BCUT2D eigenvalue weighted by molar-refractivity contribution is 0.0505. The first kappa shape index (κ1) is 17.0. The Labute approximate surface area is 147 Å². The van der Waals surface area contributed by atoms with Gasteiger partial charge in [-0.2, -0.15) is 0 Å². The van der Waals surface area contributed by atoms with Crippen molar-refractivity contribution in [1.29, 1.82) is 0 Å². The van der Waals surface area contributed by atoms with Crippen LogP contribution in [0.25, 0.3) is 0 Å². The average Bonchev–Trinajstić information content (AvgIpc) is 2.90. The molecule has 1 aliphatic carbocycles. The normalized spacial score (nSPS) is 21.7. The molecule has 1 aromatic heterocycles. The van der Waals surface area contributed by atoms with E-state index in [4.69, 9.17) is 11.6 Å². The summed E-state index contributed by atoms with van der Waals surface area (Å²) in [4.78, 5) is 3.48. The van der Waals surface area contributed by atoms with Crippen molar-refractivity contribution in [2.75, 3.05) is 20.6 Å². The number of thiophene rings is 1. The molecule has 0 fully saturated rings. The summed E-state index contributed by atoms with van der Waals surface area (Å²) < 4.78 is 0. The predicted octanol–water partition coefficient (Wildman–Crippen LogP) is 4.32. The van der Waals surface area contributed by atoms with Crippen molar-refractivity contribution in [3.8, 4) is 0 Å². The molecule has 2 aromatic rings. The average molecular weight is 350 g/mol. The van der Waals surface area contributed by atoms with Gasteiger partial charge in [0.1, 0.15) is 5.60 Å². The van der Waals surface area contributed by atoms with E-state index in [0.29, 0.717) is 17.4 Å². The van der Waals surface area contributed by atoms with Gasteiger partial charge in [0.05, 0.1) is 0 Å². The van der Waals surface area contributed by atoms with Gasteiger partial charge in [0.25, 0.3) is 0 Å². The van der Waals surface area contributed by atoms with Gasteiger partial charge in [-0.3, -0.25) is 0 Å². The molecule has 3 rings (SSSR count). The molecule has 4 heteroatoms. The van der Waals surface area contributed by atoms with Crippen LogP contribution in [0.5, 0.6) is 0 Å². The van der Waals surface area contributed by atoms with E-state index in [9.17, 15) is 5.11 Å². The van der Waals surface area contributed by atoms with E-state index >= 15 is 0 Å². The van der Waals surface area contributed by atoms with E-state index in [-0.39, 0.29) is 0 Å². The lowest BCUT2D eigenvalue weighted by atomic mass is 9.79. The van der Waals surface area contributed by atoms with Gasteiger partial charge in [0.2, 0.25) is 0 Å². The summed E-state index contributed by atoms with van der Waals surface area (Å²) in [5.74, 6) is 0.382. The number of fused-ring (bicyclic) bond motifs is 2. The zero-order valence-electron chi connectivity index (χ0n) is 14.0. The predicted molar refractivity (Wildman–Crippen MR) is 98.5 cm³/mol. The standard InChI is InChI=1S/C19H24ClNOS/c1-13(12-21(2)3)11-19(22)16-8-9-23-18(16)7-5-14-4-6-15(20)10-17(14)19/h4,6,8-10,13,22H,5,7,11-12H2,1-3H3. The number of halogens is 1. The Balaban J connectivity index is 2.09. The Morgan fingerprint density at radius 1 is 1.26 bits per heavy atom. The van der Waals surface area contributed by atoms with E-state index in [1.807, 2.05) is 12.1 Å². The van der Waals surface area contributed by atoms with Crippen LogP contribution in [0, 0.1) is 5.92 Å². The molecular weight excluding hydrogens is 326 g/mol. The highest BCUT2D eigenvalue weighted by atomic mass is 35.5. The van der Waals surface area contributed by atoms with Gasteiger partial charge >= 0.3 is 0 Å². The summed E-state index contributed by atoms with van der Waals surface area (Å²) in [5.41, 5.74) is 2.35. The molecule has 0 saturated carbocycles. The number of hydrogen-bond donors (Lipinski definition) is 1. The monoisotopic (exact) mass is 349 g/mol. The molecule has 0 spiro atoms. The van der Waals surface area contributed by atoms with Crippen LogP contribution in [-0.2, 0) is 18.4 Å². The largest absolute Gasteiger partial charge is 0.380 e. The Hall–Kier alpha value is -0.870. The number of nitrogens with zero attached hydrogens (tertiary/aromatic N) is 1. The molecule has 1 heterocycles. The zero-order valence-corrected chi connectivity index (χ0v) is 15.5. The highest BCUT2D eigenvalue weighted by molar-refractivity contribution is 7.10. The first-order valence-corrected chi connectivity index (χ1v) is 9.39. The van der Waals surface area contributed by atoms with Gasteiger partial charge in [-0.25, -0.2) is 0 Å². The number of rotatable bonds is 4. The maximum Gasteiger partial charge on any atom is 0.116 e. The lowest BCUT2D eigenvalue weighted by Gasteiger charge is -2.33. The van der Waals surface area contributed by atoms with Gasteiger partial charge in [0, 0.05) is 22.0 Å². The molecular formula is C19H24ClNOS. The first-order valence-electron chi connectivity index (χ1n) is 8.13. The molecule has 0 saturated heterocycles. The first-order chi connectivity index (χ1) is 10.9. The van der Waals surface area contributed by atoms with Crippen LogP contribution < -0.4 is 0 Å². The molecule has 2 atom stereocenters. The van der Waals surface area contributed by atoms with Gasteiger partial charge < -0.3 is 10.0 Å². The van der Waals surface area contributed by atoms with Gasteiger partial charge in [-0.1, -0.05) is 24.6 Å². The summed E-state index contributed by atoms with van der Waals surface area (Å²) in [7, 11) is 4.16. The molecule has 2 unspecified atom stereocenters. The van der Waals surface area contributed by atoms with Crippen LogP contribution in [-0.4, -0.2) is 30.6 Å².